The molecule has 0 saturated heterocycles. The summed E-state index contributed by atoms with van der Waals surface area (Å²) in [6.07, 6.45) is 1.56. The summed E-state index contributed by atoms with van der Waals surface area (Å²) in [4.78, 5) is 25.3. The van der Waals surface area contributed by atoms with Gasteiger partial charge in [-0.3, -0.25) is 4.79 Å². The van der Waals surface area contributed by atoms with Crippen molar-refractivity contribution in [2.45, 2.75) is 13.3 Å². The number of rotatable bonds is 3. The Bertz CT molecular complexity index is 281. The molecule has 0 radical (unpaired) electrons. The summed E-state index contributed by atoms with van der Waals surface area (Å²) >= 11 is 1.17. The molecule has 0 unspecified atom stereocenters. The number of carbonyl (C=O) groups is 2. The minimum Gasteiger partial charge on any atom is -0.408 e. The Balaban J connectivity index is 2.53. The van der Waals surface area contributed by atoms with E-state index in [9.17, 15) is 9.59 Å². The van der Waals surface area contributed by atoms with Gasteiger partial charge in [0.05, 0.1) is 11.7 Å². The lowest BCUT2D eigenvalue weighted by Gasteiger charge is -1.96. The van der Waals surface area contributed by atoms with Crippen molar-refractivity contribution in [3.8, 4) is 5.06 Å². The molecule has 0 aliphatic carbocycles. The Hall–Kier alpha value is -1.23. The third-order valence-corrected chi connectivity index (χ3v) is 1.80. The van der Waals surface area contributed by atoms with Crippen LogP contribution in [0, 0.1) is 0 Å². The van der Waals surface area contributed by atoms with Crippen LogP contribution in [0.3, 0.4) is 0 Å². The van der Waals surface area contributed by atoms with Crippen LogP contribution in [0.4, 0.5) is 0 Å². The highest BCUT2D eigenvalue weighted by atomic mass is 32.1. The number of aromatic nitrogens is 1. The molecule has 0 aromatic carbocycles. The van der Waals surface area contributed by atoms with Crippen LogP contribution in [0.1, 0.15) is 13.3 Å². The summed E-state index contributed by atoms with van der Waals surface area (Å²) in [6, 6.07) is 0. The van der Waals surface area contributed by atoms with Crippen LogP contribution in [0.5, 0.6) is 5.06 Å². The first-order chi connectivity index (χ1) is 5.74. The molecule has 12 heavy (non-hydrogen) atoms. The standard InChI is InChI=1S/C7H7NO3S/c1-2-5(9)7(10)11-6-3-8-4-12-6/h3-4H,2H2,1H3. The second kappa shape index (κ2) is 3.96. The molecule has 0 N–H and O–H groups in total. The largest absolute Gasteiger partial charge is 0.408 e. The fourth-order valence-electron chi connectivity index (χ4n) is 0.547. The van der Waals surface area contributed by atoms with Gasteiger partial charge in [0, 0.05) is 6.42 Å². The lowest BCUT2D eigenvalue weighted by molar-refractivity contribution is -0.146. The molecule has 0 fully saturated rings. The van der Waals surface area contributed by atoms with Crippen LogP contribution in [-0.4, -0.2) is 16.7 Å². The van der Waals surface area contributed by atoms with E-state index in [0.717, 1.165) is 0 Å². The quantitative estimate of drug-likeness (QED) is 0.521. The predicted molar refractivity (Wildman–Crippen MR) is 43.0 cm³/mol. The molecule has 0 aliphatic heterocycles. The van der Waals surface area contributed by atoms with Crippen LogP contribution in [0.2, 0.25) is 0 Å². The maximum absolute atomic E-state index is 10.8. The van der Waals surface area contributed by atoms with Crippen LogP contribution in [0.25, 0.3) is 0 Å². The van der Waals surface area contributed by atoms with Crippen molar-refractivity contribution in [2.24, 2.45) is 0 Å². The van der Waals surface area contributed by atoms with E-state index in [1.165, 1.54) is 23.0 Å². The maximum Gasteiger partial charge on any atom is 0.380 e. The van der Waals surface area contributed by atoms with Gasteiger partial charge in [-0.15, -0.1) is 0 Å². The first-order valence-electron chi connectivity index (χ1n) is 3.37. The number of hydrogen-bond acceptors (Lipinski definition) is 5. The summed E-state index contributed by atoms with van der Waals surface area (Å²) in [5.74, 6) is -1.34. The Morgan fingerprint density at radius 3 is 2.92 bits per heavy atom. The Labute approximate surface area is 73.2 Å². The zero-order valence-electron chi connectivity index (χ0n) is 6.44. The number of ether oxygens (including phenoxy) is 1. The molecule has 0 amide bonds. The minimum atomic E-state index is -0.818. The average Bonchev–Trinajstić information content (AvgIpc) is 2.55. The molecule has 64 valence electrons. The third-order valence-electron chi connectivity index (χ3n) is 1.15. The highest BCUT2D eigenvalue weighted by Crippen LogP contribution is 2.15. The molecule has 0 spiro atoms. The molecule has 4 nitrogen and oxygen atoms in total. The van der Waals surface area contributed by atoms with E-state index in [0.29, 0.717) is 5.06 Å². The molecule has 1 heterocycles. The van der Waals surface area contributed by atoms with Crippen molar-refractivity contribution in [3.05, 3.63) is 11.7 Å². The van der Waals surface area contributed by atoms with Crippen LogP contribution < -0.4 is 4.74 Å². The normalized spacial score (nSPS) is 9.42. The second-order valence-electron chi connectivity index (χ2n) is 1.99. The molecule has 1 aromatic rings. The van der Waals surface area contributed by atoms with Crippen molar-refractivity contribution < 1.29 is 14.3 Å². The van der Waals surface area contributed by atoms with Gasteiger partial charge in [-0.05, 0) is 0 Å². The maximum atomic E-state index is 10.8. The van der Waals surface area contributed by atoms with Crippen molar-refractivity contribution in [2.75, 3.05) is 0 Å². The minimum absolute atomic E-state index is 0.164. The number of ketones is 1. The zero-order valence-corrected chi connectivity index (χ0v) is 7.26. The molecule has 0 aliphatic rings. The Morgan fingerprint density at radius 1 is 1.67 bits per heavy atom. The van der Waals surface area contributed by atoms with E-state index in [1.54, 1.807) is 6.92 Å². The topological polar surface area (TPSA) is 56.3 Å². The van der Waals surface area contributed by atoms with Gasteiger partial charge < -0.3 is 4.74 Å². The third kappa shape index (κ3) is 2.13. The van der Waals surface area contributed by atoms with E-state index in [4.69, 9.17) is 0 Å². The number of thiazole rings is 1. The van der Waals surface area contributed by atoms with E-state index >= 15 is 0 Å². The van der Waals surface area contributed by atoms with Gasteiger partial charge in [-0.2, -0.15) is 0 Å². The highest BCUT2D eigenvalue weighted by molar-refractivity contribution is 7.11. The molecule has 5 heteroatoms. The summed E-state index contributed by atoms with van der Waals surface area (Å²) in [7, 11) is 0. The van der Waals surface area contributed by atoms with Gasteiger partial charge in [0.15, 0.2) is 0 Å². The van der Waals surface area contributed by atoms with Crippen molar-refractivity contribution in [3.63, 3.8) is 0 Å². The SMILES string of the molecule is CCC(=O)C(=O)Oc1cncs1. The second-order valence-corrected chi connectivity index (χ2v) is 2.84. The number of carbonyl (C=O) groups excluding carboxylic acids is 2. The van der Waals surface area contributed by atoms with E-state index in [2.05, 4.69) is 9.72 Å². The predicted octanol–water partition coefficient (Wildman–Crippen LogP) is 1.03. The van der Waals surface area contributed by atoms with E-state index in [-0.39, 0.29) is 6.42 Å². The number of nitrogens with zero attached hydrogens (tertiary/aromatic N) is 1. The lowest BCUT2D eigenvalue weighted by atomic mass is 10.3. The summed E-state index contributed by atoms with van der Waals surface area (Å²) in [5, 5.41) is 0.349. The monoisotopic (exact) mass is 185 g/mol. The van der Waals surface area contributed by atoms with Crippen LogP contribution >= 0.6 is 11.3 Å². The van der Waals surface area contributed by atoms with Gasteiger partial charge in [-0.25, -0.2) is 9.78 Å². The molecular weight excluding hydrogens is 178 g/mol. The molecule has 1 rings (SSSR count). The lowest BCUT2D eigenvalue weighted by Crippen LogP contribution is -2.18. The van der Waals surface area contributed by atoms with Crippen LogP contribution in [0.15, 0.2) is 11.7 Å². The van der Waals surface area contributed by atoms with Crippen molar-refractivity contribution >= 4 is 23.1 Å². The van der Waals surface area contributed by atoms with Gasteiger partial charge in [0.2, 0.25) is 10.8 Å². The Morgan fingerprint density at radius 2 is 2.42 bits per heavy atom. The summed E-state index contributed by atoms with van der Waals surface area (Å²) in [5.41, 5.74) is 1.53. The first-order valence-corrected chi connectivity index (χ1v) is 4.25. The molecule has 0 bridgehead atoms. The van der Waals surface area contributed by atoms with Crippen LogP contribution in [-0.2, 0) is 9.59 Å². The summed E-state index contributed by atoms with van der Waals surface area (Å²) < 4.78 is 4.67. The van der Waals surface area contributed by atoms with E-state index < -0.39 is 11.8 Å². The van der Waals surface area contributed by atoms with Gasteiger partial charge in [0.25, 0.3) is 0 Å². The number of esters is 1. The molecular formula is C7H7NO3S. The average molecular weight is 185 g/mol. The first kappa shape index (κ1) is 8.86. The van der Waals surface area contributed by atoms with Gasteiger partial charge >= 0.3 is 5.97 Å². The van der Waals surface area contributed by atoms with Crippen molar-refractivity contribution in [1.82, 2.24) is 4.98 Å². The molecule has 1 aromatic heterocycles. The molecule has 0 saturated carbocycles. The fraction of sp³-hybridized carbons (Fsp3) is 0.286. The smallest absolute Gasteiger partial charge is 0.380 e. The van der Waals surface area contributed by atoms with E-state index in [1.807, 2.05) is 0 Å². The van der Waals surface area contributed by atoms with Gasteiger partial charge in [0.1, 0.15) is 0 Å². The summed E-state index contributed by atoms with van der Waals surface area (Å²) in [6.45, 7) is 1.61. The number of Topliss-reactive ketones (excluding diaryl/α,β-unsaturated/α-hetero) is 1. The fourth-order valence-corrected chi connectivity index (χ4v) is 1.02. The van der Waals surface area contributed by atoms with Crippen molar-refractivity contribution in [1.29, 1.82) is 0 Å². The molecule has 0 atom stereocenters. The Kier molecular flexibility index (Phi) is 2.93. The number of hydrogen-bond donors (Lipinski definition) is 0. The highest BCUT2D eigenvalue weighted by Gasteiger charge is 2.13. The zero-order chi connectivity index (χ0) is 8.97. The van der Waals surface area contributed by atoms with Gasteiger partial charge in [-0.1, -0.05) is 18.3 Å².